The van der Waals surface area contributed by atoms with Crippen molar-refractivity contribution in [3.63, 3.8) is 0 Å². The number of likely N-dealkylation sites (tertiary alicyclic amines) is 1. The van der Waals surface area contributed by atoms with E-state index in [1.54, 1.807) is 12.3 Å². The molecule has 1 fully saturated rings. The molecule has 1 aliphatic heterocycles. The summed E-state index contributed by atoms with van der Waals surface area (Å²) < 4.78 is 2.03. The third-order valence-electron chi connectivity index (χ3n) is 4.52. The average molecular weight is 312 g/mol. The Morgan fingerprint density at radius 2 is 1.78 bits per heavy atom. The van der Waals surface area contributed by atoms with Gasteiger partial charge in [0.1, 0.15) is 0 Å². The number of hydrogen-bond donors (Lipinski definition) is 1. The molecule has 2 aromatic rings. The molecule has 0 radical (unpaired) electrons. The minimum absolute atomic E-state index is 0.166. The molecule has 0 unspecified atom stereocenters. The standard InChI is InChI=1S/C19H24N2O2/c22-18-13-17(14-20-10-5-2-6-11-20)21(15-19(18)23)12-9-16-7-3-1-4-8-16/h1,3-4,7-8,13,15,23H,2,5-6,9-12,14H2. The molecule has 3 rings (SSSR count). The Balaban J connectivity index is 1.76. The molecule has 2 heterocycles. The summed E-state index contributed by atoms with van der Waals surface area (Å²) in [5.74, 6) is -0.166. The van der Waals surface area contributed by atoms with E-state index in [2.05, 4.69) is 17.0 Å². The predicted molar refractivity (Wildman–Crippen MR) is 91.6 cm³/mol. The zero-order valence-corrected chi connectivity index (χ0v) is 13.4. The van der Waals surface area contributed by atoms with Crippen molar-refractivity contribution in [3.8, 4) is 5.75 Å². The number of hydrogen-bond acceptors (Lipinski definition) is 3. The fourth-order valence-electron chi connectivity index (χ4n) is 3.19. The summed E-state index contributed by atoms with van der Waals surface area (Å²) in [6.45, 7) is 3.73. The second-order valence-corrected chi connectivity index (χ2v) is 6.28. The average Bonchev–Trinajstić information content (AvgIpc) is 2.58. The number of nitrogens with zero attached hydrogens (tertiary/aromatic N) is 2. The van der Waals surface area contributed by atoms with E-state index in [1.165, 1.54) is 24.8 Å². The van der Waals surface area contributed by atoms with Crippen molar-refractivity contribution in [2.45, 2.75) is 38.8 Å². The maximum atomic E-state index is 11.8. The summed E-state index contributed by atoms with van der Waals surface area (Å²) in [6.07, 6.45) is 6.23. The van der Waals surface area contributed by atoms with Crippen LogP contribution in [0.5, 0.6) is 5.75 Å². The smallest absolute Gasteiger partial charge is 0.223 e. The first-order valence-corrected chi connectivity index (χ1v) is 8.41. The Kier molecular flexibility index (Phi) is 5.13. The molecule has 4 nitrogen and oxygen atoms in total. The third-order valence-corrected chi connectivity index (χ3v) is 4.52. The molecule has 0 aliphatic carbocycles. The molecule has 0 spiro atoms. The van der Waals surface area contributed by atoms with Crippen molar-refractivity contribution in [3.05, 3.63) is 64.1 Å². The first-order chi connectivity index (χ1) is 11.2. The highest BCUT2D eigenvalue weighted by Gasteiger charge is 2.13. The van der Waals surface area contributed by atoms with Gasteiger partial charge in [-0.2, -0.15) is 0 Å². The first kappa shape index (κ1) is 15.8. The van der Waals surface area contributed by atoms with Gasteiger partial charge in [-0.05, 0) is 37.9 Å². The van der Waals surface area contributed by atoms with E-state index in [4.69, 9.17) is 0 Å². The van der Waals surface area contributed by atoms with E-state index in [9.17, 15) is 9.90 Å². The largest absolute Gasteiger partial charge is 0.503 e. The Bertz CT molecular complexity index is 688. The van der Waals surface area contributed by atoms with Gasteiger partial charge in [0.15, 0.2) is 5.75 Å². The Morgan fingerprint density at radius 1 is 1.04 bits per heavy atom. The molecule has 1 aliphatic rings. The maximum absolute atomic E-state index is 11.8. The van der Waals surface area contributed by atoms with E-state index >= 15 is 0 Å². The Hall–Kier alpha value is -2.07. The molecule has 1 aromatic carbocycles. The highest BCUT2D eigenvalue weighted by Crippen LogP contribution is 2.14. The van der Waals surface area contributed by atoms with E-state index in [-0.39, 0.29) is 11.2 Å². The van der Waals surface area contributed by atoms with Crippen LogP contribution in [-0.2, 0) is 19.5 Å². The predicted octanol–water partition coefficient (Wildman–Crippen LogP) is 2.78. The van der Waals surface area contributed by atoms with Gasteiger partial charge in [0.2, 0.25) is 5.43 Å². The van der Waals surface area contributed by atoms with Gasteiger partial charge in [-0.15, -0.1) is 0 Å². The van der Waals surface area contributed by atoms with Crippen LogP contribution in [0, 0.1) is 0 Å². The number of aromatic nitrogens is 1. The number of pyridine rings is 1. The van der Waals surface area contributed by atoms with Crippen LogP contribution in [0.15, 0.2) is 47.4 Å². The van der Waals surface area contributed by atoms with Crippen LogP contribution in [0.3, 0.4) is 0 Å². The van der Waals surface area contributed by atoms with E-state index < -0.39 is 0 Å². The lowest BCUT2D eigenvalue weighted by atomic mass is 10.1. The van der Waals surface area contributed by atoms with Gasteiger partial charge in [-0.3, -0.25) is 9.69 Å². The minimum Gasteiger partial charge on any atom is -0.503 e. The van der Waals surface area contributed by atoms with Gasteiger partial charge in [-0.1, -0.05) is 36.8 Å². The lowest BCUT2D eigenvalue weighted by Gasteiger charge is -2.27. The quantitative estimate of drug-likeness (QED) is 0.923. The highest BCUT2D eigenvalue weighted by atomic mass is 16.3. The van der Waals surface area contributed by atoms with Crippen molar-refractivity contribution in [1.82, 2.24) is 9.47 Å². The minimum atomic E-state index is -0.284. The molecule has 4 heteroatoms. The topological polar surface area (TPSA) is 45.5 Å². The summed E-state index contributed by atoms with van der Waals surface area (Å²) in [7, 11) is 0. The van der Waals surface area contributed by atoms with Crippen LogP contribution in [0.1, 0.15) is 30.5 Å². The molecule has 23 heavy (non-hydrogen) atoms. The SMILES string of the molecule is O=c1cc(CN2CCCCC2)n(CCc2ccccc2)cc1O. The van der Waals surface area contributed by atoms with Gasteiger partial charge in [-0.25, -0.2) is 0 Å². The number of rotatable bonds is 5. The van der Waals surface area contributed by atoms with Crippen molar-refractivity contribution < 1.29 is 5.11 Å². The van der Waals surface area contributed by atoms with Crippen LogP contribution in [0.25, 0.3) is 0 Å². The maximum Gasteiger partial charge on any atom is 0.223 e. The Labute approximate surface area is 137 Å². The molecule has 122 valence electrons. The van der Waals surface area contributed by atoms with Crippen LogP contribution < -0.4 is 5.43 Å². The Morgan fingerprint density at radius 3 is 2.52 bits per heavy atom. The van der Waals surface area contributed by atoms with Gasteiger partial charge in [0.25, 0.3) is 0 Å². The van der Waals surface area contributed by atoms with E-state index in [1.807, 2.05) is 22.8 Å². The molecular formula is C19H24N2O2. The van der Waals surface area contributed by atoms with E-state index in [0.29, 0.717) is 0 Å². The fraction of sp³-hybridized carbons (Fsp3) is 0.421. The second kappa shape index (κ2) is 7.47. The normalized spacial score (nSPS) is 15.7. The first-order valence-electron chi connectivity index (χ1n) is 8.41. The molecule has 1 N–H and O–H groups in total. The third kappa shape index (κ3) is 4.23. The van der Waals surface area contributed by atoms with Crippen LogP contribution in [0.2, 0.25) is 0 Å². The molecule has 0 atom stereocenters. The molecule has 1 aromatic heterocycles. The van der Waals surface area contributed by atoms with Crippen molar-refractivity contribution in [1.29, 1.82) is 0 Å². The number of piperidine rings is 1. The summed E-state index contributed by atoms with van der Waals surface area (Å²) >= 11 is 0. The highest BCUT2D eigenvalue weighted by molar-refractivity contribution is 5.21. The molecule has 0 bridgehead atoms. The van der Waals surface area contributed by atoms with Gasteiger partial charge < -0.3 is 9.67 Å². The van der Waals surface area contributed by atoms with Gasteiger partial charge >= 0.3 is 0 Å². The molecular weight excluding hydrogens is 288 g/mol. The summed E-state index contributed by atoms with van der Waals surface area (Å²) in [5, 5.41) is 9.78. The lowest BCUT2D eigenvalue weighted by molar-refractivity contribution is 0.215. The second-order valence-electron chi connectivity index (χ2n) is 6.28. The van der Waals surface area contributed by atoms with Crippen molar-refractivity contribution >= 4 is 0 Å². The lowest BCUT2D eigenvalue weighted by Crippen LogP contribution is -2.31. The summed E-state index contributed by atoms with van der Waals surface area (Å²) in [5.41, 5.74) is 1.97. The zero-order chi connectivity index (χ0) is 16.1. The monoisotopic (exact) mass is 312 g/mol. The van der Waals surface area contributed by atoms with Gasteiger partial charge in [0.05, 0.1) is 6.20 Å². The van der Waals surface area contributed by atoms with Gasteiger partial charge in [0, 0.05) is 24.8 Å². The zero-order valence-electron chi connectivity index (χ0n) is 13.4. The van der Waals surface area contributed by atoms with Crippen LogP contribution in [0.4, 0.5) is 0 Å². The molecule has 0 amide bonds. The van der Waals surface area contributed by atoms with Crippen LogP contribution >= 0.6 is 0 Å². The van der Waals surface area contributed by atoms with Crippen molar-refractivity contribution in [2.75, 3.05) is 13.1 Å². The summed E-state index contributed by atoms with van der Waals surface area (Å²) in [6, 6.07) is 11.9. The van der Waals surface area contributed by atoms with Crippen molar-refractivity contribution in [2.24, 2.45) is 0 Å². The summed E-state index contributed by atoms with van der Waals surface area (Å²) in [4.78, 5) is 14.2. The molecule has 0 saturated carbocycles. The molecule has 1 saturated heterocycles. The fourth-order valence-corrected chi connectivity index (χ4v) is 3.19. The number of aryl methyl sites for hydroxylation is 2. The van der Waals surface area contributed by atoms with Crippen LogP contribution in [-0.4, -0.2) is 27.7 Å². The number of aromatic hydroxyl groups is 1. The number of benzene rings is 1. The van der Waals surface area contributed by atoms with E-state index in [0.717, 1.165) is 38.3 Å².